The van der Waals surface area contributed by atoms with Crippen molar-refractivity contribution < 1.29 is 18.3 Å². The van der Waals surface area contributed by atoms with E-state index in [2.05, 4.69) is 23.6 Å². The summed E-state index contributed by atoms with van der Waals surface area (Å²) in [6, 6.07) is 20.8. The standard InChI is InChI=1S/C24H19F2O2S/c1-24(2,20-12-9-18(25)15-21(20)26)28-23(27)17-7-10-19(11-8-17)29-14-13-16-5-3-4-6-22(16)29/h3-15H,1-2H3/q+1. The van der Waals surface area contributed by atoms with Crippen LogP contribution in [0, 0.1) is 11.6 Å². The minimum atomic E-state index is -1.23. The summed E-state index contributed by atoms with van der Waals surface area (Å²) >= 11 is 0. The van der Waals surface area contributed by atoms with Crippen molar-refractivity contribution in [1.29, 1.82) is 0 Å². The van der Waals surface area contributed by atoms with Gasteiger partial charge in [0.1, 0.15) is 22.6 Å². The molecule has 0 saturated carbocycles. The Balaban J connectivity index is 1.56. The summed E-state index contributed by atoms with van der Waals surface area (Å²) < 4.78 is 34.1. The van der Waals surface area contributed by atoms with Gasteiger partial charge in [-0.15, -0.1) is 0 Å². The van der Waals surface area contributed by atoms with Crippen molar-refractivity contribution in [3.63, 3.8) is 0 Å². The lowest BCUT2D eigenvalue weighted by molar-refractivity contribution is -0.00454. The predicted molar refractivity (Wildman–Crippen MR) is 113 cm³/mol. The van der Waals surface area contributed by atoms with Crippen LogP contribution in [0.25, 0.3) is 15.0 Å². The van der Waals surface area contributed by atoms with Gasteiger partial charge in [-0.05, 0) is 62.4 Å². The molecule has 1 heterocycles. The SMILES string of the molecule is CC(C)(OC(=O)c1ccc(-[s+]2ccc3ccccc32)cc1)c1ccc(F)cc1F. The maximum absolute atomic E-state index is 14.1. The number of ether oxygens (including phenoxy) is 1. The van der Waals surface area contributed by atoms with Gasteiger partial charge in [0.05, 0.1) is 5.56 Å². The van der Waals surface area contributed by atoms with E-state index in [-0.39, 0.29) is 16.0 Å². The zero-order valence-corrected chi connectivity index (χ0v) is 16.8. The molecule has 3 aromatic carbocycles. The Hall–Kier alpha value is -3.05. The molecule has 0 spiro atoms. The molecule has 0 aliphatic heterocycles. The summed E-state index contributed by atoms with van der Waals surface area (Å²) in [5, 5.41) is 3.38. The molecule has 0 aliphatic carbocycles. The van der Waals surface area contributed by atoms with Crippen LogP contribution in [0.4, 0.5) is 8.78 Å². The zero-order valence-electron chi connectivity index (χ0n) is 16.0. The molecule has 0 saturated heterocycles. The van der Waals surface area contributed by atoms with Gasteiger partial charge in [0.25, 0.3) is 0 Å². The van der Waals surface area contributed by atoms with E-state index in [1.165, 1.54) is 16.2 Å². The number of hydrogen-bond donors (Lipinski definition) is 0. The monoisotopic (exact) mass is 409 g/mol. The van der Waals surface area contributed by atoms with Crippen LogP contribution in [-0.4, -0.2) is 5.97 Å². The van der Waals surface area contributed by atoms with Crippen LogP contribution in [0.15, 0.2) is 78.2 Å². The van der Waals surface area contributed by atoms with Crippen LogP contribution < -0.4 is 0 Å². The van der Waals surface area contributed by atoms with Crippen LogP contribution in [0.2, 0.25) is 0 Å². The van der Waals surface area contributed by atoms with Crippen molar-refractivity contribution in [2.24, 2.45) is 0 Å². The molecule has 0 radical (unpaired) electrons. The van der Waals surface area contributed by atoms with Gasteiger partial charge >= 0.3 is 5.97 Å². The van der Waals surface area contributed by atoms with Gasteiger partial charge in [-0.2, -0.15) is 0 Å². The number of hydrogen-bond acceptors (Lipinski definition) is 2. The van der Waals surface area contributed by atoms with Crippen molar-refractivity contribution in [1.82, 2.24) is 0 Å². The summed E-state index contributed by atoms with van der Waals surface area (Å²) in [7, 11) is -0.159. The third-order valence-corrected chi connectivity index (χ3v) is 6.85. The van der Waals surface area contributed by atoms with E-state index in [1.807, 2.05) is 24.3 Å². The Morgan fingerprint density at radius 3 is 2.38 bits per heavy atom. The van der Waals surface area contributed by atoms with E-state index in [4.69, 9.17) is 4.74 Å². The Labute approximate surface area is 170 Å². The molecule has 0 aliphatic rings. The lowest BCUT2D eigenvalue weighted by atomic mass is 9.97. The first kappa shape index (κ1) is 19.3. The largest absolute Gasteiger partial charge is 0.451 e. The average molecular weight is 409 g/mol. The first-order valence-electron chi connectivity index (χ1n) is 9.14. The Morgan fingerprint density at radius 2 is 1.66 bits per heavy atom. The van der Waals surface area contributed by atoms with E-state index in [1.54, 1.807) is 26.0 Å². The highest BCUT2D eigenvalue weighted by molar-refractivity contribution is 7.43. The average Bonchev–Trinajstić information content (AvgIpc) is 3.11. The second kappa shape index (κ2) is 7.41. The summed E-state index contributed by atoms with van der Waals surface area (Å²) in [6.45, 7) is 3.16. The fraction of sp³-hybridized carbons (Fsp3) is 0.125. The van der Waals surface area contributed by atoms with Crippen LogP contribution in [0.1, 0.15) is 29.8 Å². The molecule has 0 fully saturated rings. The number of carbonyl (C=O) groups excluding carboxylic acids is 1. The number of benzene rings is 3. The van der Waals surface area contributed by atoms with Gasteiger partial charge in [0, 0.05) is 33.6 Å². The van der Waals surface area contributed by atoms with Gasteiger partial charge in [-0.3, -0.25) is 0 Å². The first-order valence-corrected chi connectivity index (χ1v) is 10.4. The minimum absolute atomic E-state index is 0.123. The molecule has 0 amide bonds. The number of halogens is 2. The molecule has 5 heteroatoms. The quantitative estimate of drug-likeness (QED) is 0.269. The molecule has 2 nitrogen and oxygen atoms in total. The summed E-state index contributed by atoms with van der Waals surface area (Å²) in [5.74, 6) is -1.98. The maximum atomic E-state index is 14.1. The van der Waals surface area contributed by atoms with E-state index in [0.717, 1.165) is 17.0 Å². The summed E-state index contributed by atoms with van der Waals surface area (Å²) in [6.07, 6.45) is 0. The third kappa shape index (κ3) is 3.78. The maximum Gasteiger partial charge on any atom is 0.339 e. The molecular weight excluding hydrogens is 390 g/mol. The number of esters is 1. The smallest absolute Gasteiger partial charge is 0.339 e. The number of carbonyl (C=O) groups is 1. The van der Waals surface area contributed by atoms with Crippen molar-refractivity contribution >= 4 is 26.5 Å². The van der Waals surface area contributed by atoms with Gasteiger partial charge in [-0.1, -0.05) is 12.1 Å². The lowest BCUT2D eigenvalue weighted by Gasteiger charge is -2.26. The first-order chi connectivity index (χ1) is 13.8. The molecule has 4 rings (SSSR count). The summed E-state index contributed by atoms with van der Waals surface area (Å²) in [5.41, 5.74) is -0.731. The van der Waals surface area contributed by atoms with Gasteiger partial charge in [0.15, 0.2) is 9.60 Å². The lowest BCUT2D eigenvalue weighted by Crippen LogP contribution is -2.27. The fourth-order valence-corrected chi connectivity index (χ4v) is 5.18. The zero-order chi connectivity index (χ0) is 20.6. The Kier molecular flexibility index (Phi) is 4.92. The van der Waals surface area contributed by atoms with Crippen LogP contribution in [0.3, 0.4) is 0 Å². The van der Waals surface area contributed by atoms with E-state index in [9.17, 15) is 13.6 Å². The van der Waals surface area contributed by atoms with Crippen LogP contribution in [0.5, 0.6) is 0 Å². The van der Waals surface area contributed by atoms with Crippen LogP contribution in [-0.2, 0) is 10.3 Å². The van der Waals surface area contributed by atoms with Gasteiger partial charge in [0.2, 0.25) is 0 Å². The number of fused-ring (bicyclic) bond motifs is 1. The normalized spacial score (nSPS) is 12.2. The highest BCUT2D eigenvalue weighted by atomic mass is 32.2. The molecule has 4 aromatic rings. The highest BCUT2D eigenvalue weighted by Crippen LogP contribution is 2.39. The number of rotatable bonds is 4. The summed E-state index contributed by atoms with van der Waals surface area (Å²) in [4.78, 5) is 13.7. The molecule has 0 N–H and O–H groups in total. The molecular formula is C24H19F2O2S+. The molecule has 146 valence electrons. The molecule has 1 aromatic heterocycles. The molecule has 0 bridgehead atoms. The Bertz CT molecular complexity index is 1190. The molecule has 1 unspecified atom stereocenters. The minimum Gasteiger partial charge on any atom is -0.451 e. The molecule has 29 heavy (non-hydrogen) atoms. The number of thiophene rings is 1. The van der Waals surface area contributed by atoms with E-state index < -0.39 is 23.2 Å². The topological polar surface area (TPSA) is 26.3 Å². The second-order valence-corrected chi connectivity index (χ2v) is 9.09. The van der Waals surface area contributed by atoms with Crippen LogP contribution >= 0.6 is 10.5 Å². The molecule has 1 atom stereocenters. The van der Waals surface area contributed by atoms with Gasteiger partial charge in [-0.25, -0.2) is 13.6 Å². The fourth-order valence-electron chi connectivity index (χ4n) is 3.30. The van der Waals surface area contributed by atoms with Crippen molar-refractivity contribution in [2.75, 3.05) is 0 Å². The Morgan fingerprint density at radius 1 is 0.931 bits per heavy atom. The van der Waals surface area contributed by atoms with E-state index in [0.29, 0.717) is 5.56 Å². The highest BCUT2D eigenvalue weighted by Gasteiger charge is 2.29. The van der Waals surface area contributed by atoms with Crippen molar-refractivity contribution in [3.05, 3.63) is 101 Å². The van der Waals surface area contributed by atoms with E-state index >= 15 is 0 Å². The van der Waals surface area contributed by atoms with Crippen molar-refractivity contribution in [3.8, 4) is 4.90 Å². The predicted octanol–water partition coefficient (Wildman–Crippen LogP) is 6.95. The second-order valence-electron chi connectivity index (χ2n) is 7.23. The van der Waals surface area contributed by atoms with Crippen molar-refractivity contribution in [2.45, 2.75) is 19.4 Å². The third-order valence-electron chi connectivity index (χ3n) is 4.81. The van der Waals surface area contributed by atoms with Gasteiger partial charge < -0.3 is 4.74 Å².